The standard InChI is InChI=1S/C9H19N3O6S/c1-12(2)19(17,18)6-5-11-9(16)10-4-3-7(13)8(14)15/h7,13H,3-6H2,1-2H3,(H,14,15)(H2,10,11,16)/t7-/m0/s1. The van der Waals surface area contributed by atoms with Crippen molar-refractivity contribution in [3.05, 3.63) is 0 Å². The third-order valence-electron chi connectivity index (χ3n) is 2.19. The Hall–Kier alpha value is -1.39. The summed E-state index contributed by atoms with van der Waals surface area (Å²) in [7, 11) is -0.583. The quantitative estimate of drug-likeness (QED) is 0.409. The smallest absolute Gasteiger partial charge is 0.332 e. The molecule has 0 aromatic rings. The first kappa shape index (κ1) is 17.6. The van der Waals surface area contributed by atoms with Crippen molar-refractivity contribution in [2.45, 2.75) is 12.5 Å². The predicted molar refractivity (Wildman–Crippen MR) is 67.1 cm³/mol. The van der Waals surface area contributed by atoms with Gasteiger partial charge in [-0.2, -0.15) is 0 Å². The van der Waals surface area contributed by atoms with E-state index in [4.69, 9.17) is 10.2 Å². The molecule has 0 radical (unpaired) electrons. The van der Waals surface area contributed by atoms with Gasteiger partial charge in [0.2, 0.25) is 10.0 Å². The van der Waals surface area contributed by atoms with Gasteiger partial charge in [0.25, 0.3) is 0 Å². The van der Waals surface area contributed by atoms with E-state index in [9.17, 15) is 18.0 Å². The van der Waals surface area contributed by atoms with Crippen molar-refractivity contribution in [1.82, 2.24) is 14.9 Å². The van der Waals surface area contributed by atoms with Gasteiger partial charge in [-0.05, 0) is 0 Å². The fraction of sp³-hybridized carbons (Fsp3) is 0.778. The van der Waals surface area contributed by atoms with Crippen molar-refractivity contribution in [2.75, 3.05) is 32.9 Å². The van der Waals surface area contributed by atoms with E-state index in [1.807, 2.05) is 0 Å². The van der Waals surface area contributed by atoms with E-state index in [1.165, 1.54) is 14.1 Å². The van der Waals surface area contributed by atoms with Crippen molar-refractivity contribution in [3.8, 4) is 0 Å². The van der Waals surface area contributed by atoms with E-state index in [1.54, 1.807) is 0 Å². The molecule has 9 nitrogen and oxygen atoms in total. The molecule has 0 aromatic heterocycles. The van der Waals surface area contributed by atoms with Crippen molar-refractivity contribution >= 4 is 22.0 Å². The number of carboxylic acid groups (broad SMARTS) is 1. The van der Waals surface area contributed by atoms with Crippen LogP contribution in [0.4, 0.5) is 4.79 Å². The van der Waals surface area contributed by atoms with Gasteiger partial charge in [0.15, 0.2) is 6.10 Å². The first-order valence-electron chi connectivity index (χ1n) is 5.49. The number of nitrogens with zero attached hydrogens (tertiary/aromatic N) is 1. The molecule has 0 aliphatic carbocycles. The monoisotopic (exact) mass is 297 g/mol. The minimum absolute atomic E-state index is 0.0280. The molecule has 19 heavy (non-hydrogen) atoms. The third-order valence-corrected chi connectivity index (χ3v) is 4.02. The lowest BCUT2D eigenvalue weighted by molar-refractivity contribution is -0.146. The van der Waals surface area contributed by atoms with Gasteiger partial charge in [-0.25, -0.2) is 22.3 Å². The lowest BCUT2D eigenvalue weighted by Crippen LogP contribution is -2.40. The van der Waals surface area contributed by atoms with Crippen molar-refractivity contribution in [3.63, 3.8) is 0 Å². The molecule has 0 rings (SSSR count). The Morgan fingerprint density at radius 2 is 1.74 bits per heavy atom. The number of carbonyl (C=O) groups is 2. The van der Waals surface area contributed by atoms with Crippen LogP contribution in [-0.4, -0.2) is 74.0 Å². The number of rotatable bonds is 8. The van der Waals surface area contributed by atoms with Crippen molar-refractivity contribution in [1.29, 1.82) is 0 Å². The van der Waals surface area contributed by atoms with Gasteiger partial charge in [0.05, 0.1) is 5.75 Å². The zero-order valence-electron chi connectivity index (χ0n) is 10.8. The zero-order chi connectivity index (χ0) is 15.1. The molecule has 112 valence electrons. The van der Waals surface area contributed by atoms with Crippen LogP contribution in [0, 0.1) is 0 Å². The van der Waals surface area contributed by atoms with Crippen LogP contribution in [0.1, 0.15) is 6.42 Å². The number of amides is 2. The van der Waals surface area contributed by atoms with E-state index in [-0.39, 0.29) is 25.3 Å². The van der Waals surface area contributed by atoms with Crippen LogP contribution in [0.25, 0.3) is 0 Å². The van der Waals surface area contributed by atoms with Crippen LogP contribution in [0.2, 0.25) is 0 Å². The van der Waals surface area contributed by atoms with Crippen LogP contribution in [0.15, 0.2) is 0 Å². The maximum absolute atomic E-state index is 11.3. The summed E-state index contributed by atoms with van der Waals surface area (Å²) in [5.41, 5.74) is 0. The van der Waals surface area contributed by atoms with Crippen LogP contribution >= 0.6 is 0 Å². The predicted octanol–water partition coefficient (Wildman–Crippen LogP) is -1.99. The minimum Gasteiger partial charge on any atom is -0.479 e. The Bertz CT molecular complexity index is 408. The number of aliphatic hydroxyl groups excluding tert-OH is 1. The van der Waals surface area contributed by atoms with Crippen LogP contribution < -0.4 is 10.6 Å². The maximum atomic E-state index is 11.3. The first-order chi connectivity index (χ1) is 8.66. The topological polar surface area (TPSA) is 136 Å². The minimum atomic E-state index is -3.37. The molecule has 4 N–H and O–H groups in total. The molecule has 0 spiro atoms. The number of hydrogen-bond donors (Lipinski definition) is 4. The molecule has 0 bridgehead atoms. The fourth-order valence-corrected chi connectivity index (χ4v) is 1.71. The molecule has 0 unspecified atom stereocenters. The molecule has 1 atom stereocenters. The van der Waals surface area contributed by atoms with Gasteiger partial charge in [0, 0.05) is 33.6 Å². The summed E-state index contributed by atoms with van der Waals surface area (Å²) in [5, 5.41) is 21.9. The van der Waals surface area contributed by atoms with E-state index in [2.05, 4.69) is 10.6 Å². The van der Waals surface area contributed by atoms with Gasteiger partial charge in [-0.15, -0.1) is 0 Å². The molecule has 0 aliphatic rings. The van der Waals surface area contributed by atoms with Gasteiger partial charge in [-0.3, -0.25) is 0 Å². The van der Waals surface area contributed by atoms with E-state index in [0.717, 1.165) is 4.31 Å². The second kappa shape index (κ2) is 7.92. The normalized spacial score (nSPS) is 13.1. The van der Waals surface area contributed by atoms with Gasteiger partial charge < -0.3 is 20.8 Å². The van der Waals surface area contributed by atoms with Crippen LogP contribution in [0.5, 0.6) is 0 Å². The number of carboxylic acids is 1. The summed E-state index contributed by atoms with van der Waals surface area (Å²) in [6.07, 6.45) is -1.66. The summed E-state index contributed by atoms with van der Waals surface area (Å²) >= 11 is 0. The first-order valence-corrected chi connectivity index (χ1v) is 7.10. The number of aliphatic hydroxyl groups is 1. The number of carbonyl (C=O) groups excluding carboxylic acids is 1. The summed E-state index contributed by atoms with van der Waals surface area (Å²) in [5.74, 6) is -1.59. The Kier molecular flexibility index (Phi) is 7.34. The second-order valence-electron chi connectivity index (χ2n) is 3.92. The van der Waals surface area contributed by atoms with Gasteiger partial charge >= 0.3 is 12.0 Å². The zero-order valence-corrected chi connectivity index (χ0v) is 11.6. The fourth-order valence-electron chi connectivity index (χ4n) is 0.985. The van der Waals surface area contributed by atoms with Gasteiger partial charge in [0.1, 0.15) is 0 Å². The highest BCUT2D eigenvalue weighted by molar-refractivity contribution is 7.89. The molecule has 0 saturated heterocycles. The molecular formula is C9H19N3O6S. The molecular weight excluding hydrogens is 278 g/mol. The van der Waals surface area contributed by atoms with Crippen molar-refractivity contribution in [2.24, 2.45) is 0 Å². The third kappa shape index (κ3) is 7.59. The number of urea groups is 1. The van der Waals surface area contributed by atoms with E-state index in [0.29, 0.717) is 0 Å². The summed E-state index contributed by atoms with van der Waals surface area (Å²) in [4.78, 5) is 21.5. The largest absolute Gasteiger partial charge is 0.479 e. The van der Waals surface area contributed by atoms with E-state index < -0.39 is 28.1 Å². The average Bonchev–Trinajstić information content (AvgIpc) is 2.28. The highest BCUT2D eigenvalue weighted by atomic mass is 32.2. The maximum Gasteiger partial charge on any atom is 0.332 e. The summed E-state index contributed by atoms with van der Waals surface area (Å²) in [6, 6.07) is -0.619. The SMILES string of the molecule is CN(C)S(=O)(=O)CCNC(=O)NCC[C@H](O)C(=O)O. The number of nitrogens with one attached hydrogen (secondary N) is 2. The molecule has 0 saturated carbocycles. The summed E-state index contributed by atoms with van der Waals surface area (Å²) < 4.78 is 23.7. The number of hydrogen-bond acceptors (Lipinski definition) is 5. The van der Waals surface area contributed by atoms with Crippen molar-refractivity contribution < 1.29 is 28.2 Å². The lowest BCUT2D eigenvalue weighted by atomic mass is 10.2. The Morgan fingerprint density at radius 1 is 1.21 bits per heavy atom. The highest BCUT2D eigenvalue weighted by Gasteiger charge is 2.14. The Balaban J connectivity index is 3.81. The lowest BCUT2D eigenvalue weighted by Gasteiger charge is -2.12. The molecule has 0 aromatic carbocycles. The number of aliphatic carboxylic acids is 1. The summed E-state index contributed by atoms with van der Waals surface area (Å²) in [6.45, 7) is -0.0897. The molecule has 2 amide bonds. The molecule has 0 fully saturated rings. The molecule has 0 aliphatic heterocycles. The van der Waals surface area contributed by atoms with E-state index >= 15 is 0 Å². The second-order valence-corrected chi connectivity index (χ2v) is 6.23. The Labute approximate surface area is 111 Å². The molecule has 0 heterocycles. The van der Waals surface area contributed by atoms with Crippen LogP contribution in [-0.2, 0) is 14.8 Å². The Morgan fingerprint density at radius 3 is 2.21 bits per heavy atom. The highest BCUT2D eigenvalue weighted by Crippen LogP contribution is 1.92. The number of sulfonamides is 1. The average molecular weight is 297 g/mol. The molecule has 10 heteroatoms. The van der Waals surface area contributed by atoms with Gasteiger partial charge in [-0.1, -0.05) is 0 Å². The van der Waals surface area contributed by atoms with Crippen LogP contribution in [0.3, 0.4) is 0 Å².